The van der Waals surface area contributed by atoms with Crippen LogP contribution in [0.3, 0.4) is 0 Å². The van der Waals surface area contributed by atoms with Gasteiger partial charge in [-0.25, -0.2) is 21.1 Å². The van der Waals surface area contributed by atoms with Crippen molar-refractivity contribution in [2.75, 3.05) is 32.7 Å². The third-order valence-electron chi connectivity index (χ3n) is 6.13. The standard InChI is InChI=1S/C22H25N3O6S2/c1-16-7-8-19(13-17(16)2)33(30,31)24-11-9-23(10-12-24)21(26)14-25-22(27)20-6-4-3-5-18(20)15-32(25,28)29/h3-8,13H,9-12,14-15H2,1-2H3. The normalized spacial score (nSPS) is 18.8. The van der Waals surface area contributed by atoms with E-state index in [-0.39, 0.29) is 42.4 Å². The number of fused-ring (bicyclic) bond motifs is 1. The van der Waals surface area contributed by atoms with Gasteiger partial charge >= 0.3 is 0 Å². The van der Waals surface area contributed by atoms with Gasteiger partial charge in [-0.3, -0.25) is 9.59 Å². The van der Waals surface area contributed by atoms with Crippen LogP contribution in [-0.4, -0.2) is 74.9 Å². The van der Waals surface area contributed by atoms with E-state index in [4.69, 9.17) is 0 Å². The second kappa shape index (κ2) is 8.54. The molecule has 2 aromatic rings. The Bertz CT molecular complexity index is 1330. The van der Waals surface area contributed by atoms with Gasteiger partial charge in [0, 0.05) is 31.7 Å². The van der Waals surface area contributed by atoms with Gasteiger partial charge < -0.3 is 4.90 Å². The third kappa shape index (κ3) is 4.40. The molecule has 0 radical (unpaired) electrons. The first kappa shape index (κ1) is 23.4. The first-order chi connectivity index (χ1) is 15.5. The minimum absolute atomic E-state index is 0.0878. The number of aryl methyl sites for hydroxylation is 2. The van der Waals surface area contributed by atoms with Crippen molar-refractivity contribution >= 4 is 31.9 Å². The van der Waals surface area contributed by atoms with Crippen LogP contribution in [0.15, 0.2) is 47.4 Å². The SMILES string of the molecule is Cc1ccc(S(=O)(=O)N2CCN(C(=O)CN3C(=O)c4ccccc4CS3(=O)=O)CC2)cc1C. The van der Waals surface area contributed by atoms with Crippen molar-refractivity contribution in [3.63, 3.8) is 0 Å². The van der Waals surface area contributed by atoms with Crippen molar-refractivity contribution in [2.24, 2.45) is 0 Å². The fourth-order valence-electron chi connectivity index (χ4n) is 3.98. The molecule has 0 aromatic heterocycles. The minimum atomic E-state index is -3.97. The highest BCUT2D eigenvalue weighted by molar-refractivity contribution is 7.89. The van der Waals surface area contributed by atoms with Crippen molar-refractivity contribution in [2.45, 2.75) is 24.5 Å². The summed E-state index contributed by atoms with van der Waals surface area (Å²) in [7, 11) is -7.67. The molecular formula is C22H25N3O6S2. The molecule has 0 atom stereocenters. The van der Waals surface area contributed by atoms with Crippen LogP contribution in [0, 0.1) is 13.8 Å². The van der Waals surface area contributed by atoms with Crippen LogP contribution in [0.5, 0.6) is 0 Å². The van der Waals surface area contributed by atoms with E-state index in [9.17, 15) is 26.4 Å². The van der Waals surface area contributed by atoms with Gasteiger partial charge in [-0.15, -0.1) is 0 Å². The van der Waals surface area contributed by atoms with Gasteiger partial charge in [0.1, 0.15) is 6.54 Å². The highest BCUT2D eigenvalue weighted by Gasteiger charge is 2.38. The summed E-state index contributed by atoms with van der Waals surface area (Å²) < 4.78 is 53.1. The average molecular weight is 492 g/mol. The Balaban J connectivity index is 1.44. The Morgan fingerprint density at radius 1 is 0.970 bits per heavy atom. The molecule has 0 unspecified atom stereocenters. The summed E-state index contributed by atoms with van der Waals surface area (Å²) in [6.45, 7) is 3.55. The van der Waals surface area contributed by atoms with Crippen molar-refractivity contribution in [1.29, 1.82) is 0 Å². The van der Waals surface area contributed by atoms with Crippen molar-refractivity contribution in [3.05, 3.63) is 64.7 Å². The van der Waals surface area contributed by atoms with Gasteiger partial charge in [0.25, 0.3) is 5.91 Å². The first-order valence-corrected chi connectivity index (χ1v) is 13.5. The zero-order chi connectivity index (χ0) is 24.0. The fourth-order valence-corrected chi connectivity index (χ4v) is 6.95. The summed E-state index contributed by atoms with van der Waals surface area (Å²) in [6, 6.07) is 11.4. The molecule has 1 fully saturated rings. The quantitative estimate of drug-likeness (QED) is 0.634. The van der Waals surface area contributed by atoms with Crippen molar-refractivity contribution in [1.82, 2.24) is 13.5 Å². The maximum Gasteiger partial charge on any atom is 0.268 e. The van der Waals surface area contributed by atoms with Crippen LogP contribution >= 0.6 is 0 Å². The van der Waals surface area contributed by atoms with E-state index >= 15 is 0 Å². The second-order valence-electron chi connectivity index (χ2n) is 8.26. The minimum Gasteiger partial charge on any atom is -0.338 e. The molecule has 0 bridgehead atoms. The number of sulfonamides is 2. The lowest BCUT2D eigenvalue weighted by Gasteiger charge is -2.35. The molecule has 2 amide bonds. The number of benzene rings is 2. The monoisotopic (exact) mass is 491 g/mol. The van der Waals surface area contributed by atoms with Crippen LogP contribution in [0.4, 0.5) is 0 Å². The Kier molecular flexibility index (Phi) is 6.06. The Morgan fingerprint density at radius 3 is 2.30 bits per heavy atom. The first-order valence-electron chi connectivity index (χ1n) is 10.5. The van der Waals surface area contributed by atoms with Gasteiger partial charge in [-0.05, 0) is 48.7 Å². The molecule has 11 heteroatoms. The highest BCUT2D eigenvalue weighted by Crippen LogP contribution is 2.25. The summed E-state index contributed by atoms with van der Waals surface area (Å²) in [5.41, 5.74) is 2.55. The summed E-state index contributed by atoms with van der Waals surface area (Å²) in [6.07, 6.45) is 0. The molecule has 4 rings (SSSR count). The molecule has 0 N–H and O–H groups in total. The van der Waals surface area contributed by atoms with E-state index in [0.29, 0.717) is 9.87 Å². The number of carbonyl (C=O) groups excluding carboxylic acids is 2. The topological polar surface area (TPSA) is 112 Å². The fraction of sp³-hybridized carbons (Fsp3) is 0.364. The van der Waals surface area contributed by atoms with Gasteiger partial charge in [0.2, 0.25) is 26.0 Å². The van der Waals surface area contributed by atoms with Crippen LogP contribution < -0.4 is 0 Å². The van der Waals surface area contributed by atoms with Crippen LogP contribution in [0.1, 0.15) is 27.0 Å². The maximum absolute atomic E-state index is 13.0. The van der Waals surface area contributed by atoms with Gasteiger partial charge in [-0.1, -0.05) is 24.3 Å². The second-order valence-corrected chi connectivity index (χ2v) is 12.1. The lowest BCUT2D eigenvalue weighted by atomic mass is 10.1. The van der Waals surface area contributed by atoms with Crippen LogP contribution in [0.2, 0.25) is 0 Å². The van der Waals surface area contributed by atoms with E-state index in [1.807, 2.05) is 13.8 Å². The molecule has 0 spiro atoms. The predicted octanol–water partition coefficient (Wildman–Crippen LogP) is 1.12. The van der Waals surface area contributed by atoms with Crippen LogP contribution in [-0.2, 0) is 30.6 Å². The molecule has 2 aliphatic rings. The largest absolute Gasteiger partial charge is 0.338 e. The van der Waals surface area contributed by atoms with Crippen molar-refractivity contribution < 1.29 is 26.4 Å². The average Bonchev–Trinajstić information content (AvgIpc) is 2.78. The smallest absolute Gasteiger partial charge is 0.268 e. The molecule has 2 aliphatic heterocycles. The number of piperazine rings is 1. The van der Waals surface area contributed by atoms with E-state index in [2.05, 4.69) is 0 Å². The van der Waals surface area contributed by atoms with Gasteiger partial charge in [0.05, 0.1) is 10.6 Å². The molecule has 33 heavy (non-hydrogen) atoms. The number of hydrogen-bond donors (Lipinski definition) is 0. The molecule has 0 saturated carbocycles. The van der Waals surface area contributed by atoms with E-state index in [1.54, 1.807) is 42.5 Å². The molecule has 2 heterocycles. The summed E-state index contributed by atoms with van der Waals surface area (Å²) >= 11 is 0. The lowest BCUT2D eigenvalue weighted by molar-refractivity contribution is -0.132. The Morgan fingerprint density at radius 2 is 1.64 bits per heavy atom. The summed E-state index contributed by atoms with van der Waals surface area (Å²) in [5, 5.41) is 0. The third-order valence-corrected chi connectivity index (χ3v) is 9.67. The Labute approximate surface area is 193 Å². The molecular weight excluding hydrogens is 466 g/mol. The molecule has 1 saturated heterocycles. The summed E-state index contributed by atoms with van der Waals surface area (Å²) in [5.74, 6) is -1.60. The number of nitrogens with zero attached hydrogens (tertiary/aromatic N) is 3. The van der Waals surface area contributed by atoms with E-state index in [0.717, 1.165) is 11.1 Å². The molecule has 176 valence electrons. The van der Waals surface area contributed by atoms with Gasteiger partial charge in [0.15, 0.2) is 0 Å². The summed E-state index contributed by atoms with van der Waals surface area (Å²) in [4.78, 5) is 27.2. The lowest BCUT2D eigenvalue weighted by Crippen LogP contribution is -2.54. The zero-order valence-corrected chi connectivity index (χ0v) is 20.0. The number of hydrogen-bond acceptors (Lipinski definition) is 6. The van der Waals surface area contributed by atoms with E-state index < -0.39 is 38.4 Å². The number of rotatable bonds is 4. The van der Waals surface area contributed by atoms with Crippen LogP contribution in [0.25, 0.3) is 0 Å². The highest BCUT2D eigenvalue weighted by atomic mass is 32.2. The maximum atomic E-state index is 13.0. The van der Waals surface area contributed by atoms with E-state index in [1.165, 1.54) is 9.21 Å². The number of carbonyl (C=O) groups is 2. The van der Waals surface area contributed by atoms with Crippen molar-refractivity contribution in [3.8, 4) is 0 Å². The number of amides is 2. The molecule has 9 nitrogen and oxygen atoms in total. The molecule has 2 aromatic carbocycles. The van der Waals surface area contributed by atoms with Gasteiger partial charge in [-0.2, -0.15) is 4.31 Å². The molecule has 0 aliphatic carbocycles. The Hall–Kier alpha value is -2.76. The zero-order valence-electron chi connectivity index (χ0n) is 18.4. The predicted molar refractivity (Wildman–Crippen MR) is 121 cm³/mol.